The first-order valence-electron chi connectivity index (χ1n) is 18.7. The number of esters is 1. The zero-order chi connectivity index (χ0) is 34.6. The van der Waals surface area contributed by atoms with Crippen molar-refractivity contribution in [2.24, 2.45) is 17.0 Å². The average molecular weight is 667 g/mol. The summed E-state index contributed by atoms with van der Waals surface area (Å²) < 4.78 is 18.9. The molecule has 3 rings (SSSR count). The van der Waals surface area contributed by atoms with E-state index >= 15 is 0 Å². The second-order valence-electron chi connectivity index (χ2n) is 13.9. The Morgan fingerprint density at radius 3 is 2.00 bits per heavy atom. The van der Waals surface area contributed by atoms with E-state index in [4.69, 9.17) is 9.57 Å². The highest BCUT2D eigenvalue weighted by atomic mass is 19.1. The van der Waals surface area contributed by atoms with Crippen LogP contribution in [0.25, 0.3) is 10.8 Å². The van der Waals surface area contributed by atoms with Crippen LogP contribution in [0, 0.1) is 11.8 Å². The molecular weight excluding hydrogens is 607 g/mol. The molecule has 0 spiro atoms. The Balaban J connectivity index is 1.35. The van der Waals surface area contributed by atoms with Crippen LogP contribution in [0.2, 0.25) is 0 Å². The van der Waals surface area contributed by atoms with Crippen molar-refractivity contribution in [2.45, 2.75) is 148 Å². The van der Waals surface area contributed by atoms with Crippen LogP contribution in [0.5, 0.6) is 0 Å². The van der Waals surface area contributed by atoms with Crippen LogP contribution in [0.15, 0.2) is 41.7 Å². The van der Waals surface area contributed by atoms with Crippen LogP contribution in [0.3, 0.4) is 0 Å². The van der Waals surface area contributed by atoms with E-state index in [1.54, 1.807) is 6.20 Å². The Labute approximate surface area is 287 Å². The van der Waals surface area contributed by atoms with E-state index in [1.807, 2.05) is 44.2 Å². The number of ether oxygens (including phenoxy) is 1. The highest BCUT2D eigenvalue weighted by molar-refractivity contribution is 6.12. The van der Waals surface area contributed by atoms with Crippen molar-refractivity contribution in [3.05, 3.63) is 42.2 Å². The maximum Gasteiger partial charge on any atom is 0.306 e. The molecule has 1 aliphatic rings. The Bertz CT molecular complexity index is 1310. The van der Waals surface area contributed by atoms with Gasteiger partial charge in [-0.25, -0.2) is 4.39 Å². The zero-order valence-electron chi connectivity index (χ0n) is 29.8. The molecule has 0 fully saturated rings. The van der Waals surface area contributed by atoms with E-state index in [0.29, 0.717) is 11.4 Å². The third-order valence-corrected chi connectivity index (χ3v) is 9.79. The molecule has 0 bridgehead atoms. The van der Waals surface area contributed by atoms with Crippen LogP contribution in [-0.2, 0) is 24.0 Å². The number of alkyl halides is 1. The molecule has 0 saturated carbocycles. The number of rotatable bonds is 26. The van der Waals surface area contributed by atoms with E-state index in [-0.39, 0.29) is 37.6 Å². The van der Waals surface area contributed by atoms with Gasteiger partial charge in [-0.1, -0.05) is 147 Å². The number of halogens is 1. The number of nitrogens with zero attached hydrogens (tertiary/aromatic N) is 2. The number of oxime groups is 1. The monoisotopic (exact) mass is 666 g/mol. The van der Waals surface area contributed by atoms with Gasteiger partial charge in [-0.3, -0.25) is 19.4 Å². The Morgan fingerprint density at radius 2 is 1.42 bits per heavy atom. The standard InChI is InChI=1S/C40H59FN2O5/c1-4-5-6-7-8-9-10-11-12-13-14-15-16-17-18-21-26-47-38(46)28-33(36(44)30-41)27-37(45)40(31(2)3)29-35(43-48-40)39-34-23-20-19-22-32(34)24-25-42-39/h19-20,22-25,31,33H,4-18,21,26-30H2,1-3H3/t33-,40+/m0/s1. The number of carbonyl (C=O) groups is 3. The fourth-order valence-electron chi connectivity index (χ4n) is 6.61. The van der Waals surface area contributed by atoms with E-state index < -0.39 is 29.9 Å². The summed E-state index contributed by atoms with van der Waals surface area (Å²) in [6, 6.07) is 9.68. The summed E-state index contributed by atoms with van der Waals surface area (Å²) in [5.41, 5.74) is -0.154. The van der Waals surface area contributed by atoms with Crippen molar-refractivity contribution < 1.29 is 28.3 Å². The zero-order valence-corrected chi connectivity index (χ0v) is 29.8. The van der Waals surface area contributed by atoms with Gasteiger partial charge in [-0.15, -0.1) is 0 Å². The van der Waals surface area contributed by atoms with Crippen LogP contribution >= 0.6 is 0 Å². The van der Waals surface area contributed by atoms with Crippen molar-refractivity contribution in [3.8, 4) is 0 Å². The van der Waals surface area contributed by atoms with Gasteiger partial charge in [0.15, 0.2) is 11.6 Å². The van der Waals surface area contributed by atoms with Gasteiger partial charge in [0.1, 0.15) is 12.4 Å². The van der Waals surface area contributed by atoms with Gasteiger partial charge in [0.25, 0.3) is 0 Å². The number of pyridine rings is 1. The summed E-state index contributed by atoms with van der Waals surface area (Å²) in [5.74, 6) is -3.15. The molecule has 1 aromatic heterocycles. The van der Waals surface area contributed by atoms with E-state index in [1.165, 1.54) is 83.5 Å². The molecule has 48 heavy (non-hydrogen) atoms. The van der Waals surface area contributed by atoms with E-state index in [0.717, 1.165) is 30.0 Å². The number of hydrogen-bond donors (Lipinski definition) is 0. The molecule has 7 nitrogen and oxygen atoms in total. The number of hydrogen-bond acceptors (Lipinski definition) is 7. The molecule has 1 aliphatic heterocycles. The lowest BCUT2D eigenvalue weighted by Gasteiger charge is -2.30. The molecule has 0 amide bonds. The maximum atomic E-state index is 13.7. The summed E-state index contributed by atoms with van der Waals surface area (Å²) in [4.78, 5) is 49.3. The minimum Gasteiger partial charge on any atom is -0.466 e. The average Bonchev–Trinajstić information content (AvgIpc) is 3.56. The summed E-state index contributed by atoms with van der Waals surface area (Å²) >= 11 is 0. The number of unbranched alkanes of at least 4 members (excludes halogenated alkanes) is 15. The summed E-state index contributed by atoms with van der Waals surface area (Å²) in [6.45, 7) is 4.98. The Morgan fingerprint density at radius 1 is 0.833 bits per heavy atom. The van der Waals surface area contributed by atoms with Gasteiger partial charge >= 0.3 is 5.97 Å². The molecule has 0 radical (unpaired) electrons. The van der Waals surface area contributed by atoms with Crippen molar-refractivity contribution in [2.75, 3.05) is 13.3 Å². The van der Waals surface area contributed by atoms with E-state index in [9.17, 15) is 18.8 Å². The molecule has 2 aromatic rings. The van der Waals surface area contributed by atoms with Gasteiger partial charge in [-0.2, -0.15) is 0 Å². The minimum absolute atomic E-state index is 0.171. The predicted molar refractivity (Wildman–Crippen MR) is 191 cm³/mol. The third-order valence-electron chi connectivity index (χ3n) is 9.79. The third kappa shape index (κ3) is 12.4. The normalized spacial score (nSPS) is 16.6. The number of fused-ring (bicyclic) bond motifs is 1. The first-order valence-corrected chi connectivity index (χ1v) is 18.7. The molecule has 0 saturated heterocycles. The summed E-state index contributed by atoms with van der Waals surface area (Å²) in [6.07, 6.45) is 21.4. The highest BCUT2D eigenvalue weighted by Crippen LogP contribution is 2.37. The number of benzene rings is 1. The summed E-state index contributed by atoms with van der Waals surface area (Å²) in [7, 11) is 0. The number of carbonyl (C=O) groups excluding carboxylic acids is 3. The first kappa shape index (κ1) is 39.3. The van der Waals surface area contributed by atoms with Gasteiger partial charge in [0.2, 0.25) is 5.60 Å². The molecule has 0 unspecified atom stereocenters. The van der Waals surface area contributed by atoms with Crippen molar-refractivity contribution in [1.29, 1.82) is 0 Å². The molecular formula is C40H59FN2O5. The predicted octanol–water partition coefficient (Wildman–Crippen LogP) is 10.1. The number of Topliss-reactive ketones (excluding diaryl/α,β-unsaturated/α-hetero) is 2. The van der Waals surface area contributed by atoms with Crippen molar-refractivity contribution >= 4 is 34.0 Å². The first-order chi connectivity index (χ1) is 23.3. The second kappa shape index (κ2) is 21.7. The molecule has 0 N–H and O–H groups in total. The van der Waals surface area contributed by atoms with Gasteiger partial charge in [-0.05, 0) is 17.9 Å². The molecule has 266 valence electrons. The van der Waals surface area contributed by atoms with Crippen LogP contribution in [0.4, 0.5) is 4.39 Å². The Hall–Kier alpha value is -3.16. The van der Waals surface area contributed by atoms with Crippen LogP contribution in [0.1, 0.15) is 148 Å². The fourth-order valence-corrected chi connectivity index (χ4v) is 6.61. The Kier molecular flexibility index (Phi) is 17.8. The second-order valence-corrected chi connectivity index (χ2v) is 13.9. The van der Waals surface area contributed by atoms with E-state index in [2.05, 4.69) is 17.1 Å². The smallest absolute Gasteiger partial charge is 0.306 e. The quantitative estimate of drug-likeness (QED) is 0.0733. The van der Waals surface area contributed by atoms with Crippen molar-refractivity contribution in [3.63, 3.8) is 0 Å². The number of aromatic nitrogens is 1. The van der Waals surface area contributed by atoms with Crippen LogP contribution in [-0.4, -0.2) is 47.1 Å². The molecule has 2 heterocycles. The lowest BCUT2D eigenvalue weighted by Crippen LogP contribution is -2.45. The minimum atomic E-state index is -1.33. The molecule has 1 aromatic carbocycles. The fraction of sp³-hybridized carbons (Fsp3) is 0.675. The van der Waals surface area contributed by atoms with Crippen molar-refractivity contribution in [1.82, 2.24) is 4.98 Å². The highest BCUT2D eigenvalue weighted by Gasteiger charge is 2.50. The van der Waals surface area contributed by atoms with Gasteiger partial charge in [0, 0.05) is 36.3 Å². The molecule has 2 atom stereocenters. The lowest BCUT2D eigenvalue weighted by atomic mass is 9.77. The largest absolute Gasteiger partial charge is 0.466 e. The SMILES string of the molecule is CCCCCCCCCCCCCCCCCCOC(=O)C[C@H](CC(=O)[C@]1(C(C)C)CC(c2nccc3ccccc23)=NO1)C(=O)CF. The van der Waals surface area contributed by atoms with Crippen LogP contribution < -0.4 is 0 Å². The topological polar surface area (TPSA) is 94.9 Å². The molecule has 0 aliphatic carbocycles. The maximum absolute atomic E-state index is 13.7. The summed E-state index contributed by atoms with van der Waals surface area (Å²) in [5, 5.41) is 6.16. The molecule has 8 heteroatoms. The lowest BCUT2D eigenvalue weighted by molar-refractivity contribution is -0.152. The van der Waals surface area contributed by atoms with Gasteiger partial charge in [0.05, 0.1) is 18.7 Å². The number of ketones is 2. The van der Waals surface area contributed by atoms with Gasteiger partial charge < -0.3 is 9.57 Å².